The summed E-state index contributed by atoms with van der Waals surface area (Å²) in [6.45, 7) is 4.72. The number of carbonyl (C=O) groups excluding carboxylic acids is 1. The van der Waals surface area contributed by atoms with E-state index in [2.05, 4.69) is 28.1 Å². The van der Waals surface area contributed by atoms with E-state index in [1.807, 2.05) is 0 Å². The standard InChI is InChI=1S/C10H24N.C3H6O3/c1-5-6-7-8-9-10-11(2,3)4;1-2(4)3(5)6/h5-10H2,1-4H3;2,4H,1H3,(H,5,6)/q+1;/p-1. The van der Waals surface area contributed by atoms with Gasteiger partial charge in [-0.15, -0.1) is 0 Å². The summed E-state index contributed by atoms with van der Waals surface area (Å²) in [6, 6.07) is 0. The second-order valence-electron chi connectivity index (χ2n) is 5.42. The van der Waals surface area contributed by atoms with Gasteiger partial charge in [0.15, 0.2) is 0 Å². The Balaban J connectivity index is 0. The molecule has 0 saturated carbocycles. The van der Waals surface area contributed by atoms with Crippen molar-refractivity contribution >= 4 is 5.97 Å². The minimum atomic E-state index is -1.44. The van der Waals surface area contributed by atoms with E-state index >= 15 is 0 Å². The molecule has 0 heterocycles. The molecule has 0 saturated heterocycles. The van der Waals surface area contributed by atoms with Crippen molar-refractivity contribution in [2.75, 3.05) is 27.7 Å². The molecular weight excluding hydrogens is 218 g/mol. The zero-order chi connectivity index (χ0) is 13.9. The fourth-order valence-corrected chi connectivity index (χ4v) is 1.19. The first-order valence-corrected chi connectivity index (χ1v) is 6.40. The van der Waals surface area contributed by atoms with Crippen LogP contribution in [0, 0.1) is 0 Å². The van der Waals surface area contributed by atoms with E-state index in [0.717, 1.165) is 11.4 Å². The van der Waals surface area contributed by atoms with Gasteiger partial charge in [0.1, 0.15) is 0 Å². The Morgan fingerprint density at radius 2 is 1.59 bits per heavy atom. The Morgan fingerprint density at radius 1 is 1.18 bits per heavy atom. The number of carbonyl (C=O) groups is 1. The number of hydrogen-bond acceptors (Lipinski definition) is 3. The van der Waals surface area contributed by atoms with Crippen LogP contribution >= 0.6 is 0 Å². The van der Waals surface area contributed by atoms with Crippen molar-refractivity contribution in [1.29, 1.82) is 0 Å². The predicted octanol–water partition coefficient (Wildman–Crippen LogP) is 0.780. The average Bonchev–Trinajstić information content (AvgIpc) is 2.16. The Hall–Kier alpha value is -0.610. The molecule has 1 atom stereocenters. The third-order valence-corrected chi connectivity index (χ3v) is 2.27. The molecule has 0 amide bonds. The molecule has 0 aromatic carbocycles. The number of aliphatic hydroxyl groups excluding tert-OH is 1. The largest absolute Gasteiger partial charge is 0.547 e. The Bertz CT molecular complexity index is 186. The molecule has 0 fully saturated rings. The molecule has 0 rings (SSSR count). The summed E-state index contributed by atoms with van der Waals surface area (Å²) in [5, 5.41) is 17.3. The van der Waals surface area contributed by atoms with Crippen LogP contribution in [0.25, 0.3) is 0 Å². The maximum Gasteiger partial charge on any atom is 0.0905 e. The van der Waals surface area contributed by atoms with Crippen LogP contribution in [0.1, 0.15) is 46.0 Å². The van der Waals surface area contributed by atoms with Gasteiger partial charge in [-0.3, -0.25) is 0 Å². The molecule has 4 nitrogen and oxygen atoms in total. The lowest BCUT2D eigenvalue weighted by molar-refractivity contribution is -0.870. The third-order valence-electron chi connectivity index (χ3n) is 2.27. The number of carboxylic acids is 1. The average molecular weight is 247 g/mol. The van der Waals surface area contributed by atoms with Crippen LogP contribution in [0.4, 0.5) is 0 Å². The van der Waals surface area contributed by atoms with Gasteiger partial charge < -0.3 is 19.5 Å². The van der Waals surface area contributed by atoms with Crippen molar-refractivity contribution in [2.45, 2.75) is 52.1 Å². The van der Waals surface area contributed by atoms with Gasteiger partial charge in [-0.05, 0) is 19.8 Å². The number of nitrogens with zero attached hydrogens (tertiary/aromatic N) is 1. The lowest BCUT2D eigenvalue weighted by Gasteiger charge is -2.23. The van der Waals surface area contributed by atoms with Gasteiger partial charge >= 0.3 is 0 Å². The van der Waals surface area contributed by atoms with Crippen molar-refractivity contribution in [3.63, 3.8) is 0 Å². The molecule has 1 N–H and O–H groups in total. The van der Waals surface area contributed by atoms with Crippen LogP contribution < -0.4 is 5.11 Å². The quantitative estimate of drug-likeness (QED) is 0.534. The van der Waals surface area contributed by atoms with E-state index in [1.165, 1.54) is 38.6 Å². The summed E-state index contributed by atoms with van der Waals surface area (Å²) in [5.41, 5.74) is 0. The highest BCUT2D eigenvalue weighted by molar-refractivity contribution is 5.68. The molecule has 1 unspecified atom stereocenters. The summed E-state index contributed by atoms with van der Waals surface area (Å²) in [5.74, 6) is -1.44. The first-order chi connectivity index (χ1) is 7.70. The van der Waals surface area contributed by atoms with E-state index in [4.69, 9.17) is 5.11 Å². The summed E-state index contributed by atoms with van der Waals surface area (Å²) < 4.78 is 1.12. The van der Waals surface area contributed by atoms with Crippen molar-refractivity contribution in [1.82, 2.24) is 0 Å². The Morgan fingerprint density at radius 3 is 1.88 bits per heavy atom. The molecule has 104 valence electrons. The molecule has 0 radical (unpaired) electrons. The predicted molar refractivity (Wildman–Crippen MR) is 68.3 cm³/mol. The SMILES string of the molecule is CC(O)C(=O)[O-].CCCCCCC[N+](C)(C)C. The lowest BCUT2D eigenvalue weighted by atomic mass is 10.1. The number of carboxylic acid groups (broad SMARTS) is 1. The van der Waals surface area contributed by atoms with Gasteiger partial charge in [0.2, 0.25) is 0 Å². The van der Waals surface area contributed by atoms with Gasteiger partial charge in [-0.25, -0.2) is 0 Å². The van der Waals surface area contributed by atoms with E-state index < -0.39 is 12.1 Å². The Labute approximate surface area is 106 Å². The third kappa shape index (κ3) is 21.3. The number of aliphatic carboxylic acids is 1. The maximum absolute atomic E-state index is 9.34. The zero-order valence-corrected chi connectivity index (χ0v) is 12.0. The van der Waals surface area contributed by atoms with Gasteiger partial charge in [0.05, 0.1) is 39.8 Å². The van der Waals surface area contributed by atoms with Crippen molar-refractivity contribution in [3.05, 3.63) is 0 Å². The molecule has 0 aromatic heterocycles. The highest BCUT2D eigenvalue weighted by Crippen LogP contribution is 2.04. The highest BCUT2D eigenvalue weighted by atomic mass is 16.4. The fourth-order valence-electron chi connectivity index (χ4n) is 1.19. The maximum atomic E-state index is 9.34. The summed E-state index contributed by atoms with van der Waals surface area (Å²) >= 11 is 0. The molecule has 0 aliphatic rings. The first-order valence-electron chi connectivity index (χ1n) is 6.40. The summed E-state index contributed by atoms with van der Waals surface area (Å²) in [7, 11) is 6.79. The molecule has 0 spiro atoms. The minimum Gasteiger partial charge on any atom is -0.547 e. The van der Waals surface area contributed by atoms with Crippen molar-refractivity contribution < 1.29 is 19.5 Å². The first kappa shape index (κ1) is 18.7. The van der Waals surface area contributed by atoms with Gasteiger partial charge in [0, 0.05) is 0 Å². The number of hydrogen-bond donors (Lipinski definition) is 1. The van der Waals surface area contributed by atoms with E-state index in [9.17, 15) is 9.90 Å². The summed E-state index contributed by atoms with van der Waals surface area (Å²) in [4.78, 5) is 9.34. The summed E-state index contributed by atoms with van der Waals surface area (Å²) in [6.07, 6.45) is 5.66. The van der Waals surface area contributed by atoms with Crippen LogP contribution in [0.2, 0.25) is 0 Å². The van der Waals surface area contributed by atoms with Crippen LogP contribution in [-0.2, 0) is 4.79 Å². The van der Waals surface area contributed by atoms with Crippen LogP contribution in [-0.4, -0.2) is 49.4 Å². The molecule has 0 aliphatic heterocycles. The topological polar surface area (TPSA) is 60.4 Å². The van der Waals surface area contributed by atoms with Gasteiger partial charge in [-0.1, -0.05) is 26.2 Å². The fraction of sp³-hybridized carbons (Fsp3) is 0.923. The molecule has 0 bridgehead atoms. The molecule has 4 heteroatoms. The molecular formula is C13H29NO3. The second kappa shape index (κ2) is 10.5. The Kier molecular flexibility index (Phi) is 11.6. The van der Waals surface area contributed by atoms with E-state index in [-0.39, 0.29) is 0 Å². The van der Waals surface area contributed by atoms with Crippen LogP contribution in [0.15, 0.2) is 0 Å². The number of unbranched alkanes of at least 4 members (excludes halogenated alkanes) is 4. The monoisotopic (exact) mass is 247 g/mol. The minimum absolute atomic E-state index is 1.12. The molecule has 0 aliphatic carbocycles. The number of aliphatic hydroxyl groups is 1. The number of quaternary nitrogens is 1. The van der Waals surface area contributed by atoms with Crippen molar-refractivity contribution in [2.24, 2.45) is 0 Å². The smallest absolute Gasteiger partial charge is 0.0905 e. The van der Waals surface area contributed by atoms with E-state index in [1.54, 1.807) is 0 Å². The van der Waals surface area contributed by atoms with Gasteiger partial charge in [-0.2, -0.15) is 0 Å². The van der Waals surface area contributed by atoms with Crippen LogP contribution in [0.5, 0.6) is 0 Å². The van der Waals surface area contributed by atoms with E-state index in [0.29, 0.717) is 0 Å². The number of rotatable bonds is 7. The normalized spacial score (nSPS) is 12.6. The lowest BCUT2D eigenvalue weighted by Crippen LogP contribution is -2.35. The molecule has 17 heavy (non-hydrogen) atoms. The molecule has 0 aromatic rings. The zero-order valence-electron chi connectivity index (χ0n) is 12.0. The second-order valence-corrected chi connectivity index (χ2v) is 5.42. The highest BCUT2D eigenvalue weighted by Gasteiger charge is 2.04. The van der Waals surface area contributed by atoms with Gasteiger partial charge in [0.25, 0.3) is 0 Å². The van der Waals surface area contributed by atoms with Crippen molar-refractivity contribution in [3.8, 4) is 0 Å². The van der Waals surface area contributed by atoms with Crippen LogP contribution in [0.3, 0.4) is 0 Å².